The first-order valence-electron chi connectivity index (χ1n) is 7.75. The largest absolute Gasteiger partial charge is 0.349 e. The highest BCUT2D eigenvalue weighted by Gasteiger charge is 2.29. The van der Waals surface area contributed by atoms with Crippen LogP contribution in [0.5, 0.6) is 0 Å². The Kier molecular flexibility index (Phi) is 5.57. The van der Waals surface area contributed by atoms with Crippen LogP contribution < -0.4 is 10.6 Å². The van der Waals surface area contributed by atoms with Crippen LogP contribution in [-0.4, -0.2) is 17.1 Å². The number of fused-ring (bicyclic) bond motifs is 1. The molecule has 1 aliphatic rings. The average Bonchev–Trinajstić information content (AvgIpc) is 2.55. The molecule has 2 N–H and O–H groups in total. The third-order valence-electron chi connectivity index (χ3n) is 3.88. The van der Waals surface area contributed by atoms with E-state index in [0.29, 0.717) is 10.0 Å². The Labute approximate surface area is 160 Å². The minimum atomic E-state index is -0.456. The summed E-state index contributed by atoms with van der Waals surface area (Å²) in [4.78, 5) is 25.5. The summed E-state index contributed by atoms with van der Waals surface area (Å²) in [5.41, 5.74) is 1.57. The van der Waals surface area contributed by atoms with Crippen LogP contribution in [0.1, 0.15) is 24.9 Å². The van der Waals surface area contributed by atoms with E-state index in [1.54, 1.807) is 18.2 Å². The zero-order valence-electron chi connectivity index (χ0n) is 13.4. The van der Waals surface area contributed by atoms with Gasteiger partial charge < -0.3 is 10.6 Å². The van der Waals surface area contributed by atoms with Crippen molar-refractivity contribution in [3.63, 3.8) is 0 Å². The highest BCUT2D eigenvalue weighted by atomic mass is 35.5. The molecule has 0 unspecified atom stereocenters. The molecule has 0 spiro atoms. The Hall–Kier alpha value is -1.69. The van der Waals surface area contributed by atoms with E-state index in [2.05, 4.69) is 10.6 Å². The van der Waals surface area contributed by atoms with E-state index in [1.165, 1.54) is 11.8 Å². The van der Waals surface area contributed by atoms with Crippen LogP contribution in [0.2, 0.25) is 10.0 Å². The number of nitrogens with one attached hydrogen (secondary N) is 2. The second-order valence-corrected chi connectivity index (χ2v) is 7.84. The van der Waals surface area contributed by atoms with E-state index >= 15 is 0 Å². The van der Waals surface area contributed by atoms with Gasteiger partial charge in [0.25, 0.3) is 0 Å². The molecule has 2 amide bonds. The standard InChI is InChI=1S/C18H16Cl2N2O2S/c1-10(12-7-6-11(19)8-13(12)20)21-17(23)9-16-18(24)22-14-4-2-3-5-15(14)25-16/h2-8,10,16H,9H2,1H3,(H,21,23)(H,22,24)/t10-,16+/m0/s1. The van der Waals surface area contributed by atoms with Crippen LogP contribution >= 0.6 is 35.0 Å². The van der Waals surface area contributed by atoms with Crippen LogP contribution in [-0.2, 0) is 9.59 Å². The molecular weight excluding hydrogens is 379 g/mol. The summed E-state index contributed by atoms with van der Waals surface area (Å²) in [6.45, 7) is 1.84. The van der Waals surface area contributed by atoms with Crippen LogP contribution in [0.4, 0.5) is 5.69 Å². The normalized spacial score (nSPS) is 17.4. The summed E-state index contributed by atoms with van der Waals surface area (Å²) >= 11 is 13.5. The second-order valence-electron chi connectivity index (χ2n) is 5.75. The summed E-state index contributed by atoms with van der Waals surface area (Å²) < 4.78 is 0. The monoisotopic (exact) mass is 394 g/mol. The van der Waals surface area contributed by atoms with Crippen molar-refractivity contribution in [2.75, 3.05) is 5.32 Å². The number of carbonyl (C=O) groups is 2. The summed E-state index contributed by atoms with van der Waals surface area (Å²) in [7, 11) is 0. The molecule has 0 fully saturated rings. The fourth-order valence-electron chi connectivity index (χ4n) is 2.63. The van der Waals surface area contributed by atoms with Crippen molar-refractivity contribution in [1.29, 1.82) is 0 Å². The maximum absolute atomic E-state index is 12.4. The fraction of sp³-hybridized carbons (Fsp3) is 0.222. The molecule has 0 aromatic heterocycles. The van der Waals surface area contributed by atoms with Crippen LogP contribution in [0.15, 0.2) is 47.4 Å². The van der Waals surface area contributed by atoms with Gasteiger partial charge in [0.1, 0.15) is 0 Å². The van der Waals surface area contributed by atoms with Gasteiger partial charge in [-0.15, -0.1) is 11.8 Å². The molecule has 0 aliphatic carbocycles. The Balaban J connectivity index is 1.63. The maximum Gasteiger partial charge on any atom is 0.238 e. The lowest BCUT2D eigenvalue weighted by Gasteiger charge is -2.24. The van der Waals surface area contributed by atoms with Gasteiger partial charge in [0.2, 0.25) is 11.8 Å². The molecule has 1 heterocycles. The van der Waals surface area contributed by atoms with Gasteiger partial charge in [-0.25, -0.2) is 0 Å². The first kappa shape index (κ1) is 18.1. The van der Waals surface area contributed by atoms with Crippen LogP contribution in [0.3, 0.4) is 0 Å². The lowest BCUT2D eigenvalue weighted by atomic mass is 10.1. The zero-order valence-corrected chi connectivity index (χ0v) is 15.7. The topological polar surface area (TPSA) is 58.2 Å². The third-order valence-corrected chi connectivity index (χ3v) is 5.72. The number of para-hydroxylation sites is 1. The molecule has 4 nitrogen and oxygen atoms in total. The second kappa shape index (κ2) is 7.68. The fourth-order valence-corrected chi connectivity index (χ4v) is 4.31. The molecule has 0 bridgehead atoms. The van der Waals surface area contributed by atoms with Gasteiger partial charge >= 0.3 is 0 Å². The zero-order chi connectivity index (χ0) is 18.0. The van der Waals surface area contributed by atoms with Gasteiger partial charge in [-0.1, -0.05) is 41.4 Å². The van der Waals surface area contributed by atoms with Crippen molar-refractivity contribution < 1.29 is 9.59 Å². The number of hydrogen-bond donors (Lipinski definition) is 2. The predicted octanol–water partition coefficient (Wildman–Crippen LogP) is 4.67. The van der Waals surface area contributed by atoms with Crippen molar-refractivity contribution in [2.24, 2.45) is 0 Å². The first-order chi connectivity index (χ1) is 11.9. The Morgan fingerprint density at radius 2 is 2.04 bits per heavy atom. The number of benzene rings is 2. The average molecular weight is 395 g/mol. The summed E-state index contributed by atoms with van der Waals surface area (Å²) in [5.74, 6) is -0.360. The third kappa shape index (κ3) is 4.29. The minimum Gasteiger partial charge on any atom is -0.349 e. The Morgan fingerprint density at radius 1 is 1.28 bits per heavy atom. The molecule has 2 atom stereocenters. The maximum atomic E-state index is 12.4. The molecule has 130 valence electrons. The van der Waals surface area contributed by atoms with Crippen molar-refractivity contribution in [1.82, 2.24) is 5.32 Å². The van der Waals surface area contributed by atoms with E-state index in [9.17, 15) is 9.59 Å². The lowest BCUT2D eigenvalue weighted by molar-refractivity contribution is -0.124. The molecule has 3 rings (SSSR count). The van der Waals surface area contributed by atoms with Crippen molar-refractivity contribution in [2.45, 2.75) is 29.5 Å². The number of amides is 2. The summed E-state index contributed by atoms with van der Waals surface area (Å²) in [5, 5.41) is 6.31. The Bertz CT molecular complexity index is 828. The van der Waals surface area contributed by atoms with Crippen molar-refractivity contribution in [3.8, 4) is 0 Å². The van der Waals surface area contributed by atoms with Crippen molar-refractivity contribution in [3.05, 3.63) is 58.1 Å². The number of hydrogen-bond acceptors (Lipinski definition) is 3. The predicted molar refractivity (Wildman–Crippen MR) is 102 cm³/mol. The molecule has 0 saturated carbocycles. The van der Waals surface area contributed by atoms with Crippen LogP contribution in [0.25, 0.3) is 0 Å². The smallest absolute Gasteiger partial charge is 0.238 e. The molecule has 7 heteroatoms. The molecule has 2 aromatic carbocycles. The molecule has 1 aliphatic heterocycles. The number of carbonyl (C=O) groups excluding carboxylic acids is 2. The number of anilines is 1. The van der Waals surface area contributed by atoms with Gasteiger partial charge in [-0.05, 0) is 36.8 Å². The van der Waals surface area contributed by atoms with Crippen LogP contribution in [0, 0.1) is 0 Å². The number of halogens is 2. The molecule has 25 heavy (non-hydrogen) atoms. The van der Waals surface area contributed by atoms with E-state index in [1.807, 2.05) is 31.2 Å². The van der Waals surface area contributed by atoms with Gasteiger partial charge in [-0.3, -0.25) is 9.59 Å². The van der Waals surface area contributed by atoms with E-state index in [4.69, 9.17) is 23.2 Å². The number of rotatable bonds is 4. The van der Waals surface area contributed by atoms with Gasteiger partial charge in [-0.2, -0.15) is 0 Å². The summed E-state index contributed by atoms with van der Waals surface area (Å²) in [6.07, 6.45) is 0.0976. The molecule has 2 aromatic rings. The SMILES string of the molecule is C[C@H](NC(=O)C[C@H]1Sc2ccccc2NC1=O)c1ccc(Cl)cc1Cl. The highest BCUT2D eigenvalue weighted by Crippen LogP contribution is 2.36. The minimum absolute atomic E-state index is 0.0976. The first-order valence-corrected chi connectivity index (χ1v) is 9.38. The molecule has 0 saturated heterocycles. The van der Waals surface area contributed by atoms with E-state index in [-0.39, 0.29) is 24.3 Å². The van der Waals surface area contributed by atoms with Gasteiger partial charge in [0, 0.05) is 21.4 Å². The quantitative estimate of drug-likeness (QED) is 0.791. The molecule has 0 radical (unpaired) electrons. The summed E-state index contributed by atoms with van der Waals surface area (Å²) in [6, 6.07) is 12.4. The van der Waals surface area contributed by atoms with E-state index < -0.39 is 5.25 Å². The van der Waals surface area contributed by atoms with E-state index in [0.717, 1.165) is 16.1 Å². The number of thioether (sulfide) groups is 1. The Morgan fingerprint density at radius 3 is 2.80 bits per heavy atom. The lowest BCUT2D eigenvalue weighted by Crippen LogP contribution is -2.35. The van der Waals surface area contributed by atoms with Crippen molar-refractivity contribution >= 4 is 52.5 Å². The highest BCUT2D eigenvalue weighted by molar-refractivity contribution is 8.01. The van der Waals surface area contributed by atoms with Gasteiger partial charge in [0.15, 0.2) is 0 Å². The molecular formula is C18H16Cl2N2O2S. The van der Waals surface area contributed by atoms with Gasteiger partial charge in [0.05, 0.1) is 17.0 Å².